The first-order valence-electron chi connectivity index (χ1n) is 6.09. The van der Waals surface area contributed by atoms with E-state index in [4.69, 9.17) is 5.11 Å². The fourth-order valence-electron chi connectivity index (χ4n) is 1.93. The Bertz CT molecular complexity index is 635. The number of hydrogen-bond acceptors (Lipinski definition) is 2. The highest BCUT2D eigenvalue weighted by Crippen LogP contribution is 2.10. The summed E-state index contributed by atoms with van der Waals surface area (Å²) < 4.78 is 3.19. The SMILES string of the molecule is CC(C)n1ccn(-c2ccc(CC(=O)O)cc2)c1=O. The minimum Gasteiger partial charge on any atom is -0.481 e. The van der Waals surface area contributed by atoms with E-state index in [0.29, 0.717) is 5.56 Å². The molecule has 0 atom stereocenters. The molecule has 1 N–H and O–H groups in total. The molecule has 5 nitrogen and oxygen atoms in total. The molecule has 2 rings (SSSR count). The van der Waals surface area contributed by atoms with Gasteiger partial charge in [0.25, 0.3) is 0 Å². The maximum Gasteiger partial charge on any atom is 0.332 e. The lowest BCUT2D eigenvalue weighted by atomic mass is 10.1. The fraction of sp³-hybridized carbons (Fsp3) is 0.286. The van der Waals surface area contributed by atoms with E-state index >= 15 is 0 Å². The van der Waals surface area contributed by atoms with Crippen molar-refractivity contribution in [1.82, 2.24) is 9.13 Å². The fourth-order valence-corrected chi connectivity index (χ4v) is 1.93. The molecule has 1 heterocycles. The predicted octanol–water partition coefficient (Wildman–Crippen LogP) is 1.85. The molecule has 2 aromatic rings. The van der Waals surface area contributed by atoms with E-state index in [1.165, 1.54) is 0 Å². The van der Waals surface area contributed by atoms with Gasteiger partial charge in [-0.25, -0.2) is 4.79 Å². The second kappa shape index (κ2) is 5.14. The molecule has 0 amide bonds. The number of carboxylic acids is 1. The van der Waals surface area contributed by atoms with Crippen LogP contribution in [0.15, 0.2) is 41.5 Å². The molecule has 100 valence electrons. The van der Waals surface area contributed by atoms with Crippen LogP contribution in [0.1, 0.15) is 25.5 Å². The van der Waals surface area contributed by atoms with Gasteiger partial charge in [0.2, 0.25) is 0 Å². The highest BCUT2D eigenvalue weighted by molar-refractivity contribution is 5.70. The first-order chi connectivity index (χ1) is 8.99. The molecule has 0 aliphatic heterocycles. The van der Waals surface area contributed by atoms with Crippen LogP contribution in [0.5, 0.6) is 0 Å². The van der Waals surface area contributed by atoms with E-state index < -0.39 is 5.97 Å². The Morgan fingerprint density at radius 1 is 1.21 bits per heavy atom. The number of rotatable bonds is 4. The lowest BCUT2D eigenvalue weighted by molar-refractivity contribution is -0.136. The number of benzene rings is 1. The maximum atomic E-state index is 12.1. The van der Waals surface area contributed by atoms with Crippen molar-refractivity contribution >= 4 is 5.97 Å². The molecule has 1 aromatic heterocycles. The van der Waals surface area contributed by atoms with Crippen molar-refractivity contribution in [2.24, 2.45) is 0 Å². The summed E-state index contributed by atoms with van der Waals surface area (Å²) in [5.74, 6) is -0.865. The third-order valence-electron chi connectivity index (χ3n) is 2.93. The summed E-state index contributed by atoms with van der Waals surface area (Å²) in [5, 5.41) is 8.70. The van der Waals surface area contributed by atoms with E-state index in [1.807, 2.05) is 13.8 Å². The van der Waals surface area contributed by atoms with Crippen LogP contribution in [0.25, 0.3) is 5.69 Å². The Labute approximate surface area is 110 Å². The Balaban J connectivity index is 2.32. The van der Waals surface area contributed by atoms with E-state index in [2.05, 4.69) is 0 Å². The highest BCUT2D eigenvalue weighted by Gasteiger charge is 2.08. The number of hydrogen-bond donors (Lipinski definition) is 1. The number of imidazole rings is 1. The standard InChI is InChI=1S/C14H16N2O3/c1-10(2)15-7-8-16(14(15)19)12-5-3-11(4-6-12)9-13(17)18/h3-8,10H,9H2,1-2H3,(H,17,18). The molecule has 0 unspecified atom stereocenters. The van der Waals surface area contributed by atoms with Crippen LogP contribution in [0.4, 0.5) is 0 Å². The average Bonchev–Trinajstić information content (AvgIpc) is 2.71. The summed E-state index contributed by atoms with van der Waals surface area (Å²) in [7, 11) is 0. The van der Waals surface area contributed by atoms with Gasteiger partial charge in [-0.2, -0.15) is 0 Å². The van der Waals surface area contributed by atoms with Crippen LogP contribution in [0, 0.1) is 0 Å². The first-order valence-corrected chi connectivity index (χ1v) is 6.09. The van der Waals surface area contributed by atoms with Crippen molar-refractivity contribution in [1.29, 1.82) is 0 Å². The number of nitrogens with zero attached hydrogens (tertiary/aromatic N) is 2. The molecule has 0 spiro atoms. The molecule has 0 bridgehead atoms. The smallest absolute Gasteiger partial charge is 0.332 e. The summed E-state index contributed by atoms with van der Waals surface area (Å²) >= 11 is 0. The quantitative estimate of drug-likeness (QED) is 0.912. The molecule has 0 aliphatic rings. The second-order valence-electron chi connectivity index (χ2n) is 4.69. The van der Waals surface area contributed by atoms with Crippen LogP contribution in [0.2, 0.25) is 0 Å². The van der Waals surface area contributed by atoms with Gasteiger partial charge in [-0.05, 0) is 31.5 Å². The van der Waals surface area contributed by atoms with Crippen molar-refractivity contribution in [3.8, 4) is 5.69 Å². The summed E-state index contributed by atoms with van der Waals surface area (Å²) in [6, 6.07) is 7.07. The lowest BCUT2D eigenvalue weighted by Gasteiger charge is -2.05. The minimum absolute atomic E-state index is 0.0117. The third-order valence-corrected chi connectivity index (χ3v) is 2.93. The van der Waals surface area contributed by atoms with E-state index in [-0.39, 0.29) is 18.2 Å². The number of aliphatic carboxylic acids is 1. The number of carboxylic acid groups (broad SMARTS) is 1. The Hall–Kier alpha value is -2.30. The summed E-state index contributed by atoms with van der Waals surface area (Å²) in [5.41, 5.74) is 1.35. The maximum absolute atomic E-state index is 12.1. The van der Waals surface area contributed by atoms with Gasteiger partial charge in [0.15, 0.2) is 0 Å². The molecule has 5 heteroatoms. The molecule has 1 aromatic carbocycles. The van der Waals surface area contributed by atoms with Gasteiger partial charge in [0.1, 0.15) is 0 Å². The van der Waals surface area contributed by atoms with Crippen molar-refractivity contribution in [3.05, 3.63) is 52.7 Å². The zero-order chi connectivity index (χ0) is 14.0. The van der Waals surface area contributed by atoms with Crippen LogP contribution in [-0.2, 0) is 11.2 Å². The average molecular weight is 260 g/mol. The number of carbonyl (C=O) groups is 1. The minimum atomic E-state index is -0.865. The van der Waals surface area contributed by atoms with Crippen LogP contribution in [-0.4, -0.2) is 20.2 Å². The second-order valence-corrected chi connectivity index (χ2v) is 4.69. The van der Waals surface area contributed by atoms with Gasteiger partial charge in [-0.3, -0.25) is 13.9 Å². The summed E-state index contributed by atoms with van der Waals surface area (Å²) in [4.78, 5) is 22.7. The van der Waals surface area contributed by atoms with Gasteiger partial charge < -0.3 is 5.11 Å². The van der Waals surface area contributed by atoms with E-state index in [0.717, 1.165) is 5.69 Å². The highest BCUT2D eigenvalue weighted by atomic mass is 16.4. The molecule has 0 aliphatic carbocycles. The van der Waals surface area contributed by atoms with Gasteiger partial charge in [-0.1, -0.05) is 12.1 Å². The van der Waals surface area contributed by atoms with Gasteiger partial charge in [-0.15, -0.1) is 0 Å². The van der Waals surface area contributed by atoms with Gasteiger partial charge >= 0.3 is 11.7 Å². The zero-order valence-electron chi connectivity index (χ0n) is 10.9. The molecule has 0 saturated carbocycles. The van der Waals surface area contributed by atoms with Crippen molar-refractivity contribution in [2.45, 2.75) is 26.3 Å². The monoisotopic (exact) mass is 260 g/mol. The third kappa shape index (κ3) is 2.76. The van der Waals surface area contributed by atoms with Crippen LogP contribution >= 0.6 is 0 Å². The van der Waals surface area contributed by atoms with Crippen molar-refractivity contribution in [2.75, 3.05) is 0 Å². The predicted molar refractivity (Wildman–Crippen MR) is 71.8 cm³/mol. The topological polar surface area (TPSA) is 64.2 Å². The van der Waals surface area contributed by atoms with Crippen molar-refractivity contribution < 1.29 is 9.90 Å². The normalized spacial score (nSPS) is 10.9. The molecule has 0 saturated heterocycles. The molecule has 0 radical (unpaired) electrons. The molecular weight excluding hydrogens is 244 g/mol. The summed E-state index contributed by atoms with van der Waals surface area (Å²) in [6.45, 7) is 3.89. The Kier molecular flexibility index (Phi) is 3.55. The zero-order valence-corrected chi connectivity index (χ0v) is 10.9. The number of aromatic nitrogens is 2. The summed E-state index contributed by atoms with van der Waals surface area (Å²) in [6.07, 6.45) is 3.45. The van der Waals surface area contributed by atoms with Crippen molar-refractivity contribution in [3.63, 3.8) is 0 Å². The largest absolute Gasteiger partial charge is 0.481 e. The Morgan fingerprint density at radius 2 is 1.84 bits per heavy atom. The Morgan fingerprint density at radius 3 is 2.32 bits per heavy atom. The van der Waals surface area contributed by atoms with Crippen LogP contribution < -0.4 is 5.69 Å². The van der Waals surface area contributed by atoms with E-state index in [9.17, 15) is 9.59 Å². The molecule has 19 heavy (non-hydrogen) atoms. The van der Waals surface area contributed by atoms with E-state index in [1.54, 1.807) is 45.8 Å². The van der Waals surface area contributed by atoms with Gasteiger partial charge in [0, 0.05) is 18.4 Å². The molecule has 0 fully saturated rings. The lowest BCUT2D eigenvalue weighted by Crippen LogP contribution is -2.24. The van der Waals surface area contributed by atoms with Gasteiger partial charge in [0.05, 0.1) is 12.1 Å². The van der Waals surface area contributed by atoms with Crippen LogP contribution in [0.3, 0.4) is 0 Å². The first kappa shape index (κ1) is 13.1. The molecular formula is C14H16N2O3.